The molecule has 0 aliphatic carbocycles. The minimum absolute atomic E-state index is 0.276. The van der Waals surface area contributed by atoms with Gasteiger partial charge in [-0.2, -0.15) is 0 Å². The molecule has 2 aromatic rings. The van der Waals surface area contributed by atoms with Gasteiger partial charge < -0.3 is 25.0 Å². The van der Waals surface area contributed by atoms with E-state index < -0.39 is 17.7 Å². The highest BCUT2D eigenvalue weighted by Gasteiger charge is 2.33. The minimum atomic E-state index is -0.884. The molecule has 0 fully saturated rings. The van der Waals surface area contributed by atoms with E-state index in [0.717, 1.165) is 48.8 Å². The van der Waals surface area contributed by atoms with Gasteiger partial charge in [-0.15, -0.1) is 0 Å². The number of nitrogens with zero attached hydrogens (tertiary/aromatic N) is 1. The van der Waals surface area contributed by atoms with E-state index in [1.54, 1.807) is 57.0 Å². The summed E-state index contributed by atoms with van der Waals surface area (Å²) >= 11 is 0. The quantitative estimate of drug-likeness (QED) is 0.254. The zero-order valence-electron chi connectivity index (χ0n) is 25.3. The first-order chi connectivity index (χ1) is 19.0. The van der Waals surface area contributed by atoms with E-state index in [1.807, 2.05) is 32.0 Å². The standard InChI is InChI=1S/C32H47N3O5/c1-8-9-10-11-12-13-21-35(28(36)22-33-31(38)40-32(4,5)6)29(27-16-14-15-23(2)24(27)3)30(37)34-25-17-19-26(39-7)20-18-25/h14-20,29H,8-13,21-22H2,1-7H3,(H,33,38)(H,34,37). The van der Waals surface area contributed by atoms with Crippen molar-refractivity contribution >= 4 is 23.6 Å². The maximum atomic E-state index is 13.9. The molecule has 0 saturated heterocycles. The van der Waals surface area contributed by atoms with Crippen LogP contribution in [0.4, 0.5) is 10.5 Å². The molecule has 0 bridgehead atoms. The SMILES string of the molecule is CCCCCCCCN(C(=O)CNC(=O)OC(C)(C)C)C(C(=O)Nc1ccc(OC)cc1)c1cccc(C)c1C. The number of unbranched alkanes of at least 4 members (excludes halogenated alkanes) is 5. The van der Waals surface area contributed by atoms with Crippen LogP contribution in [0, 0.1) is 13.8 Å². The summed E-state index contributed by atoms with van der Waals surface area (Å²) in [7, 11) is 1.58. The first kappa shape index (κ1) is 32.7. The van der Waals surface area contributed by atoms with Crippen molar-refractivity contribution in [3.63, 3.8) is 0 Å². The van der Waals surface area contributed by atoms with Gasteiger partial charge in [-0.05, 0) is 82.0 Å². The fraction of sp³-hybridized carbons (Fsp3) is 0.531. The molecule has 2 N–H and O–H groups in total. The van der Waals surface area contributed by atoms with Crippen LogP contribution in [-0.4, -0.2) is 48.6 Å². The van der Waals surface area contributed by atoms with Crippen LogP contribution >= 0.6 is 0 Å². The largest absolute Gasteiger partial charge is 0.497 e. The van der Waals surface area contributed by atoms with E-state index in [4.69, 9.17) is 9.47 Å². The monoisotopic (exact) mass is 553 g/mol. The van der Waals surface area contributed by atoms with Gasteiger partial charge in [0.15, 0.2) is 0 Å². The molecule has 3 amide bonds. The Kier molecular flexibility index (Phi) is 13.0. The fourth-order valence-corrected chi connectivity index (χ4v) is 4.43. The smallest absolute Gasteiger partial charge is 0.408 e. The van der Waals surface area contributed by atoms with Gasteiger partial charge in [0.2, 0.25) is 5.91 Å². The number of aryl methyl sites for hydroxylation is 1. The first-order valence-electron chi connectivity index (χ1n) is 14.2. The number of anilines is 1. The zero-order chi connectivity index (χ0) is 29.7. The Balaban J connectivity index is 2.38. The lowest BCUT2D eigenvalue weighted by Crippen LogP contribution is -2.47. The zero-order valence-corrected chi connectivity index (χ0v) is 25.3. The Labute approximate surface area is 239 Å². The van der Waals surface area contributed by atoms with Crippen LogP contribution in [0.25, 0.3) is 0 Å². The second-order valence-electron chi connectivity index (χ2n) is 11.1. The lowest BCUT2D eigenvalue weighted by molar-refractivity contribution is -0.138. The van der Waals surface area contributed by atoms with Crippen LogP contribution in [-0.2, 0) is 14.3 Å². The lowest BCUT2D eigenvalue weighted by atomic mass is 9.95. The number of hydrogen-bond donors (Lipinski definition) is 2. The molecule has 8 nitrogen and oxygen atoms in total. The number of hydrogen-bond acceptors (Lipinski definition) is 5. The van der Waals surface area contributed by atoms with Crippen molar-refractivity contribution in [1.82, 2.24) is 10.2 Å². The number of methoxy groups -OCH3 is 1. The van der Waals surface area contributed by atoms with Crippen molar-refractivity contribution in [2.75, 3.05) is 25.5 Å². The summed E-state index contributed by atoms with van der Waals surface area (Å²) in [5.74, 6) is 0.00263. The molecule has 2 rings (SSSR count). The number of ether oxygens (including phenoxy) is 2. The molecule has 220 valence electrons. The molecule has 1 atom stereocenters. The number of amides is 3. The number of nitrogens with one attached hydrogen (secondary N) is 2. The Bertz CT molecular complexity index is 1110. The summed E-state index contributed by atoms with van der Waals surface area (Å²) in [6.07, 6.45) is 5.56. The van der Waals surface area contributed by atoms with Crippen molar-refractivity contribution in [3.05, 3.63) is 59.2 Å². The van der Waals surface area contributed by atoms with Crippen LogP contribution in [0.2, 0.25) is 0 Å². The molecule has 0 heterocycles. The van der Waals surface area contributed by atoms with E-state index in [1.165, 1.54) is 6.42 Å². The Morgan fingerprint density at radius 3 is 2.20 bits per heavy atom. The summed E-state index contributed by atoms with van der Waals surface area (Å²) < 4.78 is 10.6. The molecule has 0 saturated carbocycles. The molecule has 0 radical (unpaired) electrons. The summed E-state index contributed by atoms with van der Waals surface area (Å²) in [6, 6.07) is 12.0. The van der Waals surface area contributed by atoms with E-state index in [-0.39, 0.29) is 18.4 Å². The van der Waals surface area contributed by atoms with E-state index in [9.17, 15) is 14.4 Å². The summed E-state index contributed by atoms with van der Waals surface area (Å²) in [6.45, 7) is 11.5. The summed E-state index contributed by atoms with van der Waals surface area (Å²) in [5.41, 5.74) is 2.63. The van der Waals surface area contributed by atoms with Gasteiger partial charge in [-0.25, -0.2) is 4.79 Å². The predicted octanol–water partition coefficient (Wildman–Crippen LogP) is 6.71. The highest BCUT2D eigenvalue weighted by molar-refractivity contribution is 5.98. The third-order valence-electron chi connectivity index (χ3n) is 6.71. The molecule has 0 aromatic heterocycles. The third-order valence-corrected chi connectivity index (χ3v) is 6.71. The Morgan fingerprint density at radius 1 is 0.925 bits per heavy atom. The van der Waals surface area contributed by atoms with Gasteiger partial charge in [-0.3, -0.25) is 9.59 Å². The van der Waals surface area contributed by atoms with Gasteiger partial charge in [0.25, 0.3) is 5.91 Å². The molecule has 0 aliphatic heterocycles. The normalized spacial score (nSPS) is 11.9. The van der Waals surface area contributed by atoms with Crippen LogP contribution in [0.15, 0.2) is 42.5 Å². The predicted molar refractivity (Wildman–Crippen MR) is 160 cm³/mol. The van der Waals surface area contributed by atoms with Crippen molar-refractivity contribution in [2.45, 2.75) is 91.7 Å². The van der Waals surface area contributed by atoms with Crippen LogP contribution in [0.1, 0.15) is 89.0 Å². The van der Waals surface area contributed by atoms with Crippen LogP contribution in [0.3, 0.4) is 0 Å². The number of carbonyl (C=O) groups is 3. The number of rotatable bonds is 14. The number of benzene rings is 2. The number of alkyl carbamates (subject to hydrolysis) is 1. The average Bonchev–Trinajstić information content (AvgIpc) is 2.90. The van der Waals surface area contributed by atoms with E-state index in [0.29, 0.717) is 18.0 Å². The average molecular weight is 554 g/mol. The van der Waals surface area contributed by atoms with E-state index in [2.05, 4.69) is 17.6 Å². The molecule has 2 aromatic carbocycles. The van der Waals surface area contributed by atoms with Gasteiger partial charge in [0.1, 0.15) is 23.9 Å². The molecule has 1 unspecified atom stereocenters. The lowest BCUT2D eigenvalue weighted by Gasteiger charge is -2.33. The topological polar surface area (TPSA) is 97.0 Å². The summed E-state index contributed by atoms with van der Waals surface area (Å²) in [4.78, 5) is 41.5. The Hall–Kier alpha value is -3.55. The van der Waals surface area contributed by atoms with Gasteiger partial charge in [0, 0.05) is 12.2 Å². The van der Waals surface area contributed by atoms with Crippen molar-refractivity contribution in [1.29, 1.82) is 0 Å². The van der Waals surface area contributed by atoms with Crippen LogP contribution < -0.4 is 15.4 Å². The minimum Gasteiger partial charge on any atom is -0.497 e. The summed E-state index contributed by atoms with van der Waals surface area (Å²) in [5, 5.41) is 5.56. The molecule has 40 heavy (non-hydrogen) atoms. The number of carbonyl (C=O) groups excluding carboxylic acids is 3. The van der Waals surface area contributed by atoms with Crippen molar-refractivity contribution < 1.29 is 23.9 Å². The van der Waals surface area contributed by atoms with Gasteiger partial charge >= 0.3 is 6.09 Å². The fourth-order valence-electron chi connectivity index (χ4n) is 4.43. The highest BCUT2D eigenvalue weighted by Crippen LogP contribution is 2.29. The maximum Gasteiger partial charge on any atom is 0.408 e. The Morgan fingerprint density at radius 2 is 1.57 bits per heavy atom. The highest BCUT2D eigenvalue weighted by atomic mass is 16.6. The molecule has 0 spiro atoms. The maximum absolute atomic E-state index is 13.9. The van der Waals surface area contributed by atoms with Crippen LogP contribution in [0.5, 0.6) is 5.75 Å². The molecule has 0 aliphatic rings. The van der Waals surface area contributed by atoms with Gasteiger partial charge in [-0.1, -0.05) is 57.2 Å². The first-order valence-corrected chi connectivity index (χ1v) is 14.2. The second-order valence-corrected chi connectivity index (χ2v) is 11.1. The van der Waals surface area contributed by atoms with Gasteiger partial charge in [0.05, 0.1) is 7.11 Å². The van der Waals surface area contributed by atoms with E-state index >= 15 is 0 Å². The van der Waals surface area contributed by atoms with Crippen molar-refractivity contribution in [2.24, 2.45) is 0 Å². The third kappa shape index (κ3) is 10.5. The molecule has 8 heteroatoms. The molecular weight excluding hydrogens is 506 g/mol. The second kappa shape index (κ2) is 15.9. The van der Waals surface area contributed by atoms with Crippen molar-refractivity contribution in [3.8, 4) is 5.75 Å². The molecular formula is C32H47N3O5.